The summed E-state index contributed by atoms with van der Waals surface area (Å²) in [5.41, 5.74) is 0. The van der Waals surface area contributed by atoms with Gasteiger partial charge in [-0.25, -0.2) is 4.79 Å². The van der Waals surface area contributed by atoms with Crippen LogP contribution in [-0.2, 0) is 40.5 Å². The van der Waals surface area contributed by atoms with Crippen molar-refractivity contribution in [1.82, 2.24) is 0 Å². The summed E-state index contributed by atoms with van der Waals surface area (Å²) in [6.45, 7) is 2.32. The molecule has 0 aromatic rings. The van der Waals surface area contributed by atoms with E-state index >= 15 is 0 Å². The van der Waals surface area contributed by atoms with Crippen LogP contribution >= 0.6 is 0 Å². The monoisotopic (exact) mass is 222 g/mol. The summed E-state index contributed by atoms with van der Waals surface area (Å²) in [6, 6.07) is 0. The Morgan fingerprint density at radius 1 is 1.50 bits per heavy atom. The Labute approximate surface area is 77.7 Å². The molecule has 1 atom stereocenters. The molecule has 10 heavy (non-hydrogen) atoms. The van der Waals surface area contributed by atoms with Gasteiger partial charge in [-0.05, 0) is 6.92 Å². The van der Waals surface area contributed by atoms with Crippen molar-refractivity contribution >= 4 is 11.9 Å². The molecule has 5 heteroatoms. The van der Waals surface area contributed by atoms with E-state index in [1.165, 1.54) is 6.92 Å². The fraction of sp³-hybridized carbons (Fsp3) is 0.600. The van der Waals surface area contributed by atoms with Crippen LogP contribution in [0.2, 0.25) is 0 Å². The summed E-state index contributed by atoms with van der Waals surface area (Å²) in [5, 5.41) is 8.44. The third-order valence-electron chi connectivity index (χ3n) is 0.585. The molecule has 0 heterocycles. The van der Waals surface area contributed by atoms with Crippen LogP contribution < -0.4 is 0 Å². The van der Waals surface area contributed by atoms with E-state index < -0.39 is 18.0 Å². The van der Waals surface area contributed by atoms with Crippen LogP contribution in [0.4, 0.5) is 0 Å². The molecule has 0 fully saturated rings. The fourth-order valence-electron chi connectivity index (χ4n) is 0.227. The summed E-state index contributed by atoms with van der Waals surface area (Å²) < 4.78 is 3.98. The van der Waals surface area contributed by atoms with Gasteiger partial charge in [0.1, 0.15) is 6.10 Å². The summed E-state index contributed by atoms with van der Waals surface area (Å²) in [7, 11) is 0. The smallest absolute Gasteiger partial charge is 0.342 e. The van der Waals surface area contributed by atoms with Gasteiger partial charge in [0.25, 0.3) is 0 Å². The van der Waals surface area contributed by atoms with Crippen LogP contribution in [0, 0.1) is 0 Å². The van der Waals surface area contributed by atoms with E-state index in [1.54, 1.807) is 0 Å². The molecule has 0 saturated heterocycles. The molecule has 0 spiro atoms. The number of rotatable bonds is 1. The van der Waals surface area contributed by atoms with Crippen molar-refractivity contribution in [3.05, 3.63) is 0 Å². The summed E-state index contributed by atoms with van der Waals surface area (Å²) in [6.07, 6.45) is -1.23. The molecule has 0 saturated carbocycles. The second-order valence-corrected chi connectivity index (χ2v) is 1.59. The summed E-state index contributed by atoms with van der Waals surface area (Å²) in [4.78, 5) is 20.3. The van der Waals surface area contributed by atoms with Crippen molar-refractivity contribution in [2.24, 2.45) is 0 Å². The van der Waals surface area contributed by atoms with E-state index in [0.29, 0.717) is 0 Å². The first-order valence-corrected chi connectivity index (χ1v) is 2.44. The van der Waals surface area contributed by atoms with Gasteiger partial charge in [-0.2, -0.15) is 0 Å². The number of ether oxygens (including phenoxy) is 1. The van der Waals surface area contributed by atoms with Gasteiger partial charge in [0.15, 0.2) is 0 Å². The third kappa shape index (κ3) is 6.11. The molecular formula is C5H8O4Zr. The van der Waals surface area contributed by atoms with E-state index in [4.69, 9.17) is 5.11 Å². The molecule has 0 rings (SSSR count). The molecular weight excluding hydrogens is 215 g/mol. The number of carbonyl (C=O) groups excluding carboxylic acids is 2. The minimum atomic E-state index is -1.23. The standard InChI is InChI=1S/C5H8O4.Zr/c1-3(6)5(8)9-4(2)7;/h3,6H,1-2H3;. The van der Waals surface area contributed by atoms with Gasteiger partial charge >= 0.3 is 11.9 Å². The molecule has 0 amide bonds. The van der Waals surface area contributed by atoms with Gasteiger partial charge in [-0.1, -0.05) is 0 Å². The Hall–Kier alpha value is -0.0169. The molecule has 0 aromatic carbocycles. The molecule has 4 nitrogen and oxygen atoms in total. The van der Waals surface area contributed by atoms with Crippen LogP contribution in [0.1, 0.15) is 13.8 Å². The molecule has 1 unspecified atom stereocenters. The number of aliphatic hydroxyl groups is 1. The van der Waals surface area contributed by atoms with Crippen molar-refractivity contribution in [2.75, 3.05) is 0 Å². The van der Waals surface area contributed by atoms with Gasteiger partial charge in [-0.3, -0.25) is 4.79 Å². The number of hydrogen-bond donors (Lipinski definition) is 1. The van der Waals surface area contributed by atoms with Gasteiger partial charge < -0.3 is 9.84 Å². The molecule has 0 radical (unpaired) electrons. The zero-order chi connectivity index (χ0) is 7.44. The molecule has 0 aliphatic heterocycles. The number of esters is 2. The van der Waals surface area contributed by atoms with Gasteiger partial charge in [0.05, 0.1) is 0 Å². The van der Waals surface area contributed by atoms with E-state index in [9.17, 15) is 9.59 Å². The second-order valence-electron chi connectivity index (χ2n) is 1.59. The van der Waals surface area contributed by atoms with Gasteiger partial charge in [0, 0.05) is 33.1 Å². The van der Waals surface area contributed by atoms with E-state index in [2.05, 4.69) is 4.74 Å². The van der Waals surface area contributed by atoms with Crippen molar-refractivity contribution in [3.63, 3.8) is 0 Å². The first-order chi connectivity index (χ1) is 4.04. The molecule has 0 aliphatic carbocycles. The van der Waals surface area contributed by atoms with Crippen LogP contribution in [0.15, 0.2) is 0 Å². The van der Waals surface area contributed by atoms with Crippen LogP contribution in [0.3, 0.4) is 0 Å². The maximum Gasteiger partial charge on any atom is 0.342 e. The second kappa shape index (κ2) is 5.74. The molecule has 0 bridgehead atoms. The van der Waals surface area contributed by atoms with Crippen LogP contribution in [0.25, 0.3) is 0 Å². The topological polar surface area (TPSA) is 63.6 Å². The number of carbonyl (C=O) groups is 2. The van der Waals surface area contributed by atoms with Crippen molar-refractivity contribution in [2.45, 2.75) is 20.0 Å². The first-order valence-electron chi connectivity index (χ1n) is 2.44. The average molecular weight is 223 g/mol. The minimum Gasteiger partial charge on any atom is -0.391 e. The molecule has 1 N–H and O–H groups in total. The predicted octanol–water partition coefficient (Wildman–Crippen LogP) is -0.546. The molecule has 0 aromatic heterocycles. The minimum absolute atomic E-state index is 0. The van der Waals surface area contributed by atoms with Crippen molar-refractivity contribution in [3.8, 4) is 0 Å². The Bertz CT molecular complexity index is 132. The zero-order valence-electron chi connectivity index (χ0n) is 5.75. The Kier molecular flexibility index (Phi) is 7.26. The van der Waals surface area contributed by atoms with E-state index in [1.807, 2.05) is 0 Å². The Balaban J connectivity index is 0. The third-order valence-corrected chi connectivity index (χ3v) is 0.585. The molecule has 0 aliphatic rings. The van der Waals surface area contributed by atoms with Gasteiger partial charge in [-0.15, -0.1) is 0 Å². The Morgan fingerprint density at radius 3 is 2.00 bits per heavy atom. The van der Waals surface area contributed by atoms with E-state index in [-0.39, 0.29) is 26.2 Å². The van der Waals surface area contributed by atoms with Crippen LogP contribution in [-0.4, -0.2) is 23.1 Å². The van der Waals surface area contributed by atoms with Crippen LogP contribution in [0.5, 0.6) is 0 Å². The average Bonchev–Trinajstić information content (AvgIpc) is 1.63. The summed E-state index contributed by atoms with van der Waals surface area (Å²) in [5.74, 6) is -1.62. The van der Waals surface area contributed by atoms with Crippen molar-refractivity contribution in [1.29, 1.82) is 0 Å². The number of aliphatic hydroxyl groups excluding tert-OH is 1. The van der Waals surface area contributed by atoms with E-state index in [0.717, 1.165) is 6.92 Å². The fourth-order valence-corrected chi connectivity index (χ4v) is 0.227. The Morgan fingerprint density at radius 2 is 1.90 bits per heavy atom. The van der Waals surface area contributed by atoms with Gasteiger partial charge in [0.2, 0.25) is 0 Å². The predicted molar refractivity (Wildman–Crippen MR) is 28.5 cm³/mol. The SMILES string of the molecule is CC(=O)OC(=O)C(C)O.[Zr]. The quantitative estimate of drug-likeness (QED) is 0.479. The normalized spacial score (nSPS) is 11.1. The van der Waals surface area contributed by atoms with Crippen molar-refractivity contribution < 1.29 is 45.6 Å². The largest absolute Gasteiger partial charge is 0.391 e. The maximum atomic E-state index is 10.3. The molecule has 56 valence electrons. The summed E-state index contributed by atoms with van der Waals surface area (Å²) >= 11 is 0. The zero-order valence-corrected chi connectivity index (χ0v) is 8.21. The number of hydrogen-bond acceptors (Lipinski definition) is 4. The maximum absolute atomic E-state index is 10.3. The first kappa shape index (κ1) is 12.6.